The van der Waals surface area contributed by atoms with Crippen LogP contribution in [-0.4, -0.2) is 43.3 Å². The van der Waals surface area contributed by atoms with E-state index in [0.717, 1.165) is 18.9 Å². The molecule has 1 atom stereocenters. The number of halogens is 5. The van der Waals surface area contributed by atoms with Crippen molar-refractivity contribution in [1.82, 2.24) is 14.6 Å². The number of anilines is 2. The summed E-state index contributed by atoms with van der Waals surface area (Å²) in [6, 6.07) is 4.27. The Labute approximate surface area is 214 Å². The fourth-order valence-electron chi connectivity index (χ4n) is 3.92. The Morgan fingerprint density at radius 1 is 1.00 bits per heavy atom. The van der Waals surface area contributed by atoms with Crippen LogP contribution in [0.3, 0.4) is 0 Å². The molecule has 0 aliphatic heterocycles. The number of nitrogens with one attached hydrogen (secondary N) is 2. The molecule has 0 radical (unpaired) electrons. The number of nitrogens with zero attached hydrogens (tertiary/aromatic N) is 3. The van der Waals surface area contributed by atoms with E-state index >= 15 is 4.39 Å². The molecule has 4 aromatic rings. The molecule has 1 unspecified atom stereocenters. The van der Waals surface area contributed by atoms with Gasteiger partial charge in [-0.3, -0.25) is 0 Å². The van der Waals surface area contributed by atoms with Gasteiger partial charge in [-0.15, -0.1) is 0 Å². The first-order valence-corrected chi connectivity index (χ1v) is 12.1. The molecule has 2 amide bonds. The van der Waals surface area contributed by atoms with Crippen LogP contribution in [0.2, 0.25) is 0 Å². The van der Waals surface area contributed by atoms with Gasteiger partial charge in [-0.1, -0.05) is 0 Å². The number of rotatable bonds is 5. The standard InChI is InChI=1S/C24H17AsF5N5O2/c25-22-20-19(14(21(36)11-1-2-11)9-35(20)32-10-31-22)12-3-6-17(16(27)7-12)33-23(37)34-18-8-13(24(28,29)30)4-5-15(18)26/h3-11H,1-2,25H2,(H2,33,34,37). The minimum Gasteiger partial charge on any atom is -0.205 e. The van der Waals surface area contributed by atoms with Gasteiger partial charge in [0.05, 0.1) is 5.56 Å². The number of Topliss-reactive ketones (excluding diaryl/α,β-unsaturated/α-hetero) is 1. The fourth-order valence-corrected chi connectivity index (χ4v) is 4.64. The van der Waals surface area contributed by atoms with Crippen molar-refractivity contribution in [2.75, 3.05) is 10.6 Å². The van der Waals surface area contributed by atoms with Gasteiger partial charge in [0.25, 0.3) is 0 Å². The summed E-state index contributed by atoms with van der Waals surface area (Å²) >= 11 is 1.20. The average molecular weight is 577 g/mol. The summed E-state index contributed by atoms with van der Waals surface area (Å²) in [6.45, 7) is 0. The minimum atomic E-state index is -4.74. The predicted molar refractivity (Wildman–Crippen MR) is 128 cm³/mol. The van der Waals surface area contributed by atoms with Crippen molar-refractivity contribution < 1.29 is 31.5 Å². The minimum absolute atomic E-state index is 0.0718. The van der Waals surface area contributed by atoms with Crippen molar-refractivity contribution in [2.24, 2.45) is 5.92 Å². The third kappa shape index (κ3) is 4.93. The number of amides is 2. The third-order valence-electron chi connectivity index (χ3n) is 5.86. The van der Waals surface area contributed by atoms with Crippen molar-refractivity contribution >= 4 is 50.0 Å². The van der Waals surface area contributed by atoms with Crippen molar-refractivity contribution in [2.45, 2.75) is 19.0 Å². The molecule has 2 heterocycles. The number of aromatic nitrogens is 3. The number of fused-ring (bicyclic) bond motifs is 1. The Balaban J connectivity index is 1.44. The fraction of sp³-hybridized carbons (Fsp3) is 0.167. The van der Waals surface area contributed by atoms with E-state index in [9.17, 15) is 27.2 Å². The SMILES string of the molecule is O=C(Nc1ccc(-c2c(C(=O)C3CC3)cn3ncnc([AsH2])c23)cc1F)Nc1cc(C(F)(F)F)ccc1F. The van der Waals surface area contributed by atoms with E-state index in [0.29, 0.717) is 44.9 Å². The van der Waals surface area contributed by atoms with E-state index in [2.05, 4.69) is 15.4 Å². The van der Waals surface area contributed by atoms with E-state index in [4.69, 9.17) is 0 Å². The summed E-state index contributed by atoms with van der Waals surface area (Å²) in [4.78, 5) is 29.5. The van der Waals surface area contributed by atoms with E-state index < -0.39 is 35.1 Å². The third-order valence-corrected chi connectivity index (χ3v) is 6.75. The molecule has 0 bridgehead atoms. The summed E-state index contributed by atoms with van der Waals surface area (Å²) in [5.41, 5.74) is -0.402. The van der Waals surface area contributed by atoms with Crippen molar-refractivity contribution in [3.8, 4) is 11.1 Å². The number of ketones is 1. The first kappa shape index (κ1) is 24.9. The summed E-state index contributed by atoms with van der Waals surface area (Å²) in [5.74, 6) is -2.13. The molecule has 1 fully saturated rings. The predicted octanol–water partition coefficient (Wildman–Crippen LogP) is 4.19. The van der Waals surface area contributed by atoms with Crippen LogP contribution in [0, 0.1) is 17.6 Å². The molecule has 2 aromatic heterocycles. The second-order valence-corrected chi connectivity index (χ2v) is 9.61. The van der Waals surface area contributed by atoms with Crippen LogP contribution in [0.5, 0.6) is 0 Å². The second kappa shape index (κ2) is 9.26. The van der Waals surface area contributed by atoms with Crippen LogP contribution in [-0.2, 0) is 6.18 Å². The van der Waals surface area contributed by atoms with Gasteiger partial charge in [-0.2, -0.15) is 13.2 Å². The molecule has 13 heteroatoms. The molecule has 190 valence electrons. The molecule has 1 saturated carbocycles. The quantitative estimate of drug-likeness (QED) is 0.212. The van der Waals surface area contributed by atoms with Crippen LogP contribution >= 0.6 is 0 Å². The first-order valence-electron chi connectivity index (χ1n) is 10.9. The van der Waals surface area contributed by atoms with Gasteiger partial charge in [-0.05, 0) is 12.1 Å². The molecular weight excluding hydrogens is 560 g/mol. The van der Waals surface area contributed by atoms with Gasteiger partial charge in [0.1, 0.15) is 0 Å². The Kier molecular flexibility index (Phi) is 6.23. The molecule has 7 nitrogen and oxygen atoms in total. The van der Waals surface area contributed by atoms with Crippen molar-refractivity contribution in [3.05, 3.63) is 71.7 Å². The molecule has 5 rings (SSSR count). The van der Waals surface area contributed by atoms with Crippen LogP contribution in [0.15, 0.2) is 48.9 Å². The van der Waals surface area contributed by atoms with Gasteiger partial charge in [0.15, 0.2) is 0 Å². The molecular formula is C24H17AsF5N5O2. The zero-order chi connectivity index (χ0) is 26.5. The Hall–Kier alpha value is -3.79. The topological polar surface area (TPSA) is 88.4 Å². The summed E-state index contributed by atoms with van der Waals surface area (Å²) < 4.78 is 69.9. The maximum atomic E-state index is 15.1. The van der Waals surface area contributed by atoms with E-state index in [1.54, 1.807) is 6.20 Å². The number of carbonyl (C=O) groups excluding carboxylic acids is 2. The molecule has 1 aliphatic rings. The summed E-state index contributed by atoms with van der Waals surface area (Å²) in [5, 5.41) is 8.29. The normalized spacial score (nSPS) is 13.6. The maximum absolute atomic E-state index is 15.1. The van der Waals surface area contributed by atoms with Gasteiger partial charge >= 0.3 is 179 Å². The van der Waals surface area contributed by atoms with Crippen molar-refractivity contribution in [3.63, 3.8) is 0 Å². The van der Waals surface area contributed by atoms with Gasteiger partial charge in [-0.25, -0.2) is 4.39 Å². The van der Waals surface area contributed by atoms with Crippen molar-refractivity contribution in [1.29, 1.82) is 0 Å². The van der Waals surface area contributed by atoms with Crippen LogP contribution in [0.25, 0.3) is 16.6 Å². The Morgan fingerprint density at radius 3 is 2.41 bits per heavy atom. The van der Waals surface area contributed by atoms with Crippen LogP contribution in [0.1, 0.15) is 28.8 Å². The molecule has 0 saturated heterocycles. The zero-order valence-corrected chi connectivity index (χ0v) is 21.2. The summed E-state index contributed by atoms with van der Waals surface area (Å²) in [7, 11) is 0. The second-order valence-electron chi connectivity index (χ2n) is 8.46. The van der Waals surface area contributed by atoms with Crippen LogP contribution < -0.4 is 15.1 Å². The Bertz CT molecular complexity index is 1570. The average Bonchev–Trinajstić information content (AvgIpc) is 3.60. The molecule has 1 aliphatic carbocycles. The zero-order valence-electron chi connectivity index (χ0n) is 18.7. The number of hydrogen-bond acceptors (Lipinski definition) is 4. The van der Waals surface area contributed by atoms with Gasteiger partial charge < -0.3 is 0 Å². The number of carbonyl (C=O) groups is 2. The molecule has 2 aromatic carbocycles. The summed E-state index contributed by atoms with van der Waals surface area (Å²) in [6.07, 6.45) is -0.234. The number of benzene rings is 2. The molecule has 0 spiro atoms. The number of alkyl halides is 3. The Morgan fingerprint density at radius 2 is 1.73 bits per heavy atom. The molecule has 2 N–H and O–H groups in total. The monoisotopic (exact) mass is 577 g/mol. The number of urea groups is 1. The van der Waals surface area contributed by atoms with Gasteiger partial charge in [0.2, 0.25) is 0 Å². The van der Waals surface area contributed by atoms with E-state index in [-0.39, 0.29) is 17.4 Å². The smallest absolute Gasteiger partial charge is 0.205 e. The van der Waals surface area contributed by atoms with E-state index in [1.807, 2.05) is 5.32 Å². The number of hydrogen-bond donors (Lipinski definition) is 2. The molecule has 37 heavy (non-hydrogen) atoms. The first-order chi connectivity index (χ1) is 17.5. The van der Waals surface area contributed by atoms with E-state index in [1.165, 1.54) is 39.8 Å². The van der Waals surface area contributed by atoms with Crippen LogP contribution in [0.4, 0.5) is 38.1 Å². The van der Waals surface area contributed by atoms with Gasteiger partial charge in [0, 0.05) is 0 Å².